The number of aliphatic hydroxyl groups is 2. The normalized spacial score (nSPS) is 11.6. The van der Waals surface area contributed by atoms with Crippen molar-refractivity contribution in [3.63, 3.8) is 0 Å². The first kappa shape index (κ1) is 14.9. The predicted octanol–water partition coefficient (Wildman–Crippen LogP) is 0.707. The molecule has 0 saturated heterocycles. The Balaban J connectivity index is 0. The fraction of sp³-hybridized carbons (Fsp3) is 0.889. The van der Waals surface area contributed by atoms with Crippen molar-refractivity contribution < 1.29 is 19.7 Å². The largest absolute Gasteiger partial charge is 0.463 e. The molecule has 0 radical (unpaired) electrons. The number of hydrogen-bond donors (Lipinski definition) is 2. The molecule has 0 aliphatic rings. The van der Waals surface area contributed by atoms with E-state index >= 15 is 0 Å². The van der Waals surface area contributed by atoms with Gasteiger partial charge in [0.15, 0.2) is 0 Å². The highest BCUT2D eigenvalue weighted by atomic mass is 16.5. The molecular formula is C9H20O4. The number of carbonyl (C=O) groups is 1. The van der Waals surface area contributed by atoms with Crippen LogP contribution in [0.25, 0.3) is 0 Å². The third-order valence-corrected chi connectivity index (χ3v) is 0.920. The summed E-state index contributed by atoms with van der Waals surface area (Å²) in [7, 11) is 0. The number of esters is 1. The van der Waals surface area contributed by atoms with Gasteiger partial charge in [-0.15, -0.1) is 0 Å². The molecule has 0 aromatic carbocycles. The Hall–Kier alpha value is -0.610. The molecule has 80 valence electrons. The van der Waals surface area contributed by atoms with Crippen molar-refractivity contribution >= 4 is 5.97 Å². The smallest absolute Gasteiger partial charge is 0.305 e. The maximum absolute atomic E-state index is 10.4. The van der Waals surface area contributed by atoms with E-state index in [-0.39, 0.29) is 18.7 Å². The Morgan fingerprint density at radius 3 is 1.85 bits per heavy atom. The molecular weight excluding hydrogens is 172 g/mol. The number of ether oxygens (including phenoxy) is 1. The Morgan fingerprint density at radius 2 is 1.77 bits per heavy atom. The van der Waals surface area contributed by atoms with Gasteiger partial charge >= 0.3 is 5.97 Å². The fourth-order valence-electron chi connectivity index (χ4n) is 0.346. The highest BCUT2D eigenvalue weighted by Gasteiger charge is 1.98. The van der Waals surface area contributed by atoms with Crippen LogP contribution in [0.4, 0.5) is 0 Å². The second-order valence-electron chi connectivity index (χ2n) is 2.92. The van der Waals surface area contributed by atoms with E-state index in [4.69, 9.17) is 14.9 Å². The lowest BCUT2D eigenvalue weighted by Crippen LogP contribution is -2.09. The number of hydrogen-bond acceptors (Lipinski definition) is 4. The van der Waals surface area contributed by atoms with Gasteiger partial charge in [-0.25, -0.2) is 0 Å². The first-order valence-corrected chi connectivity index (χ1v) is 4.42. The average molecular weight is 192 g/mol. The SMILES string of the molecule is CC(O)CO.CCC(=O)OC(C)C. The van der Waals surface area contributed by atoms with E-state index in [2.05, 4.69) is 0 Å². The molecule has 4 heteroatoms. The van der Waals surface area contributed by atoms with Crippen LogP contribution in [0.1, 0.15) is 34.1 Å². The fourth-order valence-corrected chi connectivity index (χ4v) is 0.346. The molecule has 0 bridgehead atoms. The van der Waals surface area contributed by atoms with Gasteiger partial charge < -0.3 is 14.9 Å². The van der Waals surface area contributed by atoms with E-state index in [1.54, 1.807) is 6.92 Å². The summed E-state index contributed by atoms with van der Waals surface area (Å²) in [4.78, 5) is 10.4. The molecule has 1 atom stereocenters. The number of carbonyl (C=O) groups excluding carboxylic acids is 1. The molecule has 0 aromatic rings. The van der Waals surface area contributed by atoms with Crippen LogP contribution >= 0.6 is 0 Å². The molecule has 0 heterocycles. The van der Waals surface area contributed by atoms with Crippen LogP contribution in [0.5, 0.6) is 0 Å². The second kappa shape index (κ2) is 9.48. The first-order valence-electron chi connectivity index (χ1n) is 4.42. The van der Waals surface area contributed by atoms with Crippen LogP contribution in [0.3, 0.4) is 0 Å². The molecule has 0 rings (SSSR count). The summed E-state index contributed by atoms with van der Waals surface area (Å²) in [5.41, 5.74) is 0. The van der Waals surface area contributed by atoms with E-state index in [1.165, 1.54) is 6.92 Å². The summed E-state index contributed by atoms with van der Waals surface area (Å²) in [6.45, 7) is 6.85. The summed E-state index contributed by atoms with van der Waals surface area (Å²) < 4.78 is 4.76. The third-order valence-electron chi connectivity index (χ3n) is 0.920. The van der Waals surface area contributed by atoms with Crippen molar-refractivity contribution in [1.82, 2.24) is 0 Å². The van der Waals surface area contributed by atoms with Crippen LogP contribution in [-0.4, -0.2) is 35.0 Å². The lowest BCUT2D eigenvalue weighted by molar-refractivity contribution is -0.146. The zero-order chi connectivity index (χ0) is 10.9. The van der Waals surface area contributed by atoms with Crippen molar-refractivity contribution in [3.05, 3.63) is 0 Å². The molecule has 0 saturated carbocycles. The van der Waals surface area contributed by atoms with Gasteiger partial charge in [0.1, 0.15) is 0 Å². The molecule has 2 N–H and O–H groups in total. The summed E-state index contributed by atoms with van der Waals surface area (Å²) in [5.74, 6) is -0.125. The molecule has 4 nitrogen and oxygen atoms in total. The Labute approximate surface area is 79.5 Å². The molecule has 0 aliphatic carbocycles. The van der Waals surface area contributed by atoms with E-state index in [0.29, 0.717) is 6.42 Å². The summed E-state index contributed by atoms with van der Waals surface area (Å²) in [6, 6.07) is 0. The van der Waals surface area contributed by atoms with E-state index in [9.17, 15) is 4.79 Å². The quantitative estimate of drug-likeness (QED) is 0.646. The summed E-state index contributed by atoms with van der Waals surface area (Å²) >= 11 is 0. The highest BCUT2D eigenvalue weighted by Crippen LogP contribution is 1.90. The zero-order valence-corrected chi connectivity index (χ0v) is 8.78. The average Bonchev–Trinajstić information content (AvgIpc) is 2.04. The number of aliphatic hydroxyl groups excluding tert-OH is 2. The van der Waals surface area contributed by atoms with Gasteiger partial charge in [-0.2, -0.15) is 0 Å². The lowest BCUT2D eigenvalue weighted by Gasteiger charge is -2.04. The van der Waals surface area contributed by atoms with Crippen molar-refractivity contribution in [3.8, 4) is 0 Å². The molecule has 0 aromatic heterocycles. The van der Waals surface area contributed by atoms with Gasteiger partial charge in [-0.3, -0.25) is 4.79 Å². The van der Waals surface area contributed by atoms with Crippen LogP contribution < -0.4 is 0 Å². The molecule has 0 amide bonds. The minimum atomic E-state index is -0.560. The van der Waals surface area contributed by atoms with E-state index in [1.807, 2.05) is 13.8 Å². The van der Waals surface area contributed by atoms with Crippen molar-refractivity contribution in [2.24, 2.45) is 0 Å². The zero-order valence-electron chi connectivity index (χ0n) is 8.78. The Morgan fingerprint density at radius 1 is 1.38 bits per heavy atom. The molecule has 0 spiro atoms. The topological polar surface area (TPSA) is 66.8 Å². The predicted molar refractivity (Wildman–Crippen MR) is 50.3 cm³/mol. The maximum Gasteiger partial charge on any atom is 0.305 e. The van der Waals surface area contributed by atoms with Crippen LogP contribution in [0.2, 0.25) is 0 Å². The first-order chi connectivity index (χ1) is 5.93. The standard InChI is InChI=1S/C6H12O2.C3H8O2/c1-4-6(7)8-5(2)3;1-3(5)2-4/h5H,4H2,1-3H3;3-5H,2H2,1H3. The highest BCUT2D eigenvalue weighted by molar-refractivity contribution is 5.68. The second-order valence-corrected chi connectivity index (χ2v) is 2.92. The summed E-state index contributed by atoms with van der Waals surface area (Å²) in [5, 5.41) is 16.0. The van der Waals surface area contributed by atoms with E-state index < -0.39 is 6.10 Å². The monoisotopic (exact) mass is 192 g/mol. The van der Waals surface area contributed by atoms with Gasteiger partial charge in [0.2, 0.25) is 0 Å². The molecule has 1 unspecified atom stereocenters. The van der Waals surface area contributed by atoms with Crippen LogP contribution in [0, 0.1) is 0 Å². The third kappa shape index (κ3) is 18.4. The number of rotatable bonds is 3. The van der Waals surface area contributed by atoms with E-state index in [0.717, 1.165) is 0 Å². The van der Waals surface area contributed by atoms with Crippen LogP contribution in [-0.2, 0) is 9.53 Å². The lowest BCUT2D eigenvalue weighted by atomic mass is 10.4. The van der Waals surface area contributed by atoms with Crippen molar-refractivity contribution in [2.45, 2.75) is 46.3 Å². The molecule has 0 aliphatic heterocycles. The Kier molecular flexibility index (Phi) is 10.9. The van der Waals surface area contributed by atoms with Gasteiger partial charge in [-0.05, 0) is 20.8 Å². The van der Waals surface area contributed by atoms with Crippen LogP contribution in [0.15, 0.2) is 0 Å². The Bertz CT molecular complexity index is 121. The van der Waals surface area contributed by atoms with Crippen molar-refractivity contribution in [1.29, 1.82) is 0 Å². The summed E-state index contributed by atoms with van der Waals surface area (Å²) in [6.07, 6.45) is -0.0597. The van der Waals surface area contributed by atoms with Gasteiger partial charge in [-0.1, -0.05) is 6.92 Å². The van der Waals surface area contributed by atoms with Gasteiger partial charge in [0, 0.05) is 6.42 Å². The minimum absolute atomic E-state index is 0.0300. The van der Waals surface area contributed by atoms with Gasteiger partial charge in [0.05, 0.1) is 18.8 Å². The van der Waals surface area contributed by atoms with Crippen molar-refractivity contribution in [2.75, 3.05) is 6.61 Å². The molecule has 0 fully saturated rings. The minimum Gasteiger partial charge on any atom is -0.463 e. The maximum atomic E-state index is 10.4. The van der Waals surface area contributed by atoms with Gasteiger partial charge in [0.25, 0.3) is 0 Å². The molecule has 13 heavy (non-hydrogen) atoms.